The normalized spacial score (nSPS) is 19.4. The van der Waals surface area contributed by atoms with Crippen LogP contribution in [0, 0.1) is 0 Å². The zero-order valence-corrected chi connectivity index (χ0v) is 11.3. The molecule has 3 nitrogen and oxygen atoms in total. The lowest BCUT2D eigenvalue weighted by Gasteiger charge is -2.31. The number of carbonyl (C=O) groups is 1. The van der Waals surface area contributed by atoms with Gasteiger partial charge in [0.15, 0.2) is 0 Å². The van der Waals surface area contributed by atoms with Crippen LogP contribution < -0.4 is 5.73 Å². The van der Waals surface area contributed by atoms with E-state index in [1.165, 1.54) is 32.1 Å². The first kappa shape index (κ1) is 13.8. The molecule has 0 aromatic rings. The first-order valence-corrected chi connectivity index (χ1v) is 7.35. The average molecular weight is 244 g/mol. The van der Waals surface area contributed by atoms with E-state index in [1.807, 2.05) is 18.9 Å². The van der Waals surface area contributed by atoms with Crippen LogP contribution in [0.25, 0.3) is 0 Å². The second-order valence-electron chi connectivity index (χ2n) is 4.79. The van der Waals surface area contributed by atoms with Crippen LogP contribution in [0.3, 0.4) is 0 Å². The highest BCUT2D eigenvalue weighted by molar-refractivity contribution is 7.99. The van der Waals surface area contributed by atoms with Crippen LogP contribution in [0.5, 0.6) is 0 Å². The van der Waals surface area contributed by atoms with Gasteiger partial charge in [-0.05, 0) is 19.8 Å². The van der Waals surface area contributed by atoms with Gasteiger partial charge in [0.2, 0.25) is 5.91 Å². The van der Waals surface area contributed by atoms with E-state index < -0.39 is 0 Å². The first-order valence-electron chi connectivity index (χ1n) is 6.20. The highest BCUT2D eigenvalue weighted by Crippen LogP contribution is 2.22. The van der Waals surface area contributed by atoms with Crippen LogP contribution in [-0.4, -0.2) is 41.4 Å². The van der Waals surface area contributed by atoms with Gasteiger partial charge >= 0.3 is 0 Å². The van der Waals surface area contributed by atoms with E-state index in [1.54, 1.807) is 11.8 Å². The number of thioether (sulfide) groups is 1. The zero-order chi connectivity index (χ0) is 12.0. The van der Waals surface area contributed by atoms with Gasteiger partial charge in [-0.3, -0.25) is 4.79 Å². The summed E-state index contributed by atoms with van der Waals surface area (Å²) in [6.07, 6.45) is 6.24. The molecule has 16 heavy (non-hydrogen) atoms. The first-order chi connectivity index (χ1) is 7.61. The van der Waals surface area contributed by atoms with Crippen molar-refractivity contribution in [1.29, 1.82) is 0 Å². The Balaban J connectivity index is 2.23. The highest BCUT2D eigenvalue weighted by Gasteiger charge is 2.21. The Morgan fingerprint density at radius 1 is 1.44 bits per heavy atom. The van der Waals surface area contributed by atoms with Gasteiger partial charge in [0.1, 0.15) is 0 Å². The summed E-state index contributed by atoms with van der Waals surface area (Å²) in [5.74, 6) is 1.70. The minimum absolute atomic E-state index is 0.179. The van der Waals surface area contributed by atoms with Crippen LogP contribution in [0.4, 0.5) is 0 Å². The van der Waals surface area contributed by atoms with Gasteiger partial charge in [-0.25, -0.2) is 0 Å². The molecular formula is C12H24N2OS. The number of amides is 1. The van der Waals surface area contributed by atoms with Crippen LogP contribution in [0.1, 0.15) is 39.0 Å². The molecule has 94 valence electrons. The molecule has 0 aromatic heterocycles. The van der Waals surface area contributed by atoms with Crippen molar-refractivity contribution < 1.29 is 4.79 Å². The third-order valence-corrected chi connectivity index (χ3v) is 4.33. The zero-order valence-electron chi connectivity index (χ0n) is 10.4. The molecule has 1 fully saturated rings. The Labute approximate surface area is 103 Å². The van der Waals surface area contributed by atoms with E-state index >= 15 is 0 Å². The van der Waals surface area contributed by atoms with Crippen molar-refractivity contribution in [3.8, 4) is 0 Å². The average Bonchev–Trinajstić information content (AvgIpc) is 2.28. The lowest BCUT2D eigenvalue weighted by atomic mass is 9.94. The van der Waals surface area contributed by atoms with E-state index in [0.29, 0.717) is 11.8 Å². The molecule has 1 amide bonds. The lowest BCUT2D eigenvalue weighted by Crippen LogP contribution is -2.39. The summed E-state index contributed by atoms with van der Waals surface area (Å²) in [5, 5.41) is 0. The molecule has 1 aliphatic carbocycles. The lowest BCUT2D eigenvalue weighted by molar-refractivity contribution is -0.129. The summed E-state index contributed by atoms with van der Waals surface area (Å²) in [6.45, 7) is 1.97. The smallest absolute Gasteiger partial charge is 0.232 e. The maximum atomic E-state index is 11.9. The predicted molar refractivity (Wildman–Crippen MR) is 70.6 cm³/mol. The Bertz CT molecular complexity index is 215. The van der Waals surface area contributed by atoms with Crippen molar-refractivity contribution in [3.63, 3.8) is 0 Å². The Morgan fingerprint density at radius 2 is 2.06 bits per heavy atom. The molecule has 0 radical (unpaired) electrons. The second kappa shape index (κ2) is 7.17. The summed E-state index contributed by atoms with van der Waals surface area (Å²) in [6, 6.07) is 0.662. The van der Waals surface area contributed by atoms with Crippen LogP contribution >= 0.6 is 11.8 Å². The van der Waals surface area contributed by atoms with Gasteiger partial charge in [0, 0.05) is 24.9 Å². The Hall–Kier alpha value is -0.220. The molecule has 4 heteroatoms. The Kier molecular flexibility index (Phi) is 6.21. The summed E-state index contributed by atoms with van der Waals surface area (Å²) in [5.41, 5.74) is 5.65. The van der Waals surface area contributed by atoms with E-state index in [0.717, 1.165) is 5.75 Å². The maximum absolute atomic E-state index is 11.9. The monoisotopic (exact) mass is 244 g/mol. The van der Waals surface area contributed by atoms with Crippen molar-refractivity contribution in [2.24, 2.45) is 5.73 Å². The fraction of sp³-hybridized carbons (Fsp3) is 0.917. The largest absolute Gasteiger partial charge is 0.342 e. The highest BCUT2D eigenvalue weighted by atomic mass is 32.2. The molecule has 1 aliphatic rings. The molecule has 0 spiro atoms. The van der Waals surface area contributed by atoms with Crippen LogP contribution in [0.2, 0.25) is 0 Å². The van der Waals surface area contributed by atoms with Crippen LogP contribution in [0.15, 0.2) is 0 Å². The number of nitrogens with zero attached hydrogens (tertiary/aromatic N) is 1. The molecule has 1 atom stereocenters. The van der Waals surface area contributed by atoms with Crippen molar-refractivity contribution in [2.75, 3.05) is 18.6 Å². The number of rotatable bonds is 5. The van der Waals surface area contributed by atoms with E-state index in [-0.39, 0.29) is 11.9 Å². The number of hydrogen-bond donors (Lipinski definition) is 1. The summed E-state index contributed by atoms with van der Waals surface area (Å²) >= 11 is 1.65. The molecule has 0 aliphatic heterocycles. The molecule has 1 rings (SSSR count). The summed E-state index contributed by atoms with van der Waals surface area (Å²) in [4.78, 5) is 13.8. The molecule has 0 aromatic carbocycles. The number of carbonyl (C=O) groups excluding carboxylic acids is 1. The van der Waals surface area contributed by atoms with Gasteiger partial charge in [0.25, 0.3) is 0 Å². The van der Waals surface area contributed by atoms with Crippen molar-refractivity contribution >= 4 is 17.7 Å². The standard InChI is InChI=1S/C12H24N2OS/c1-10(13)8-16-9-12(15)14(2)11-6-4-3-5-7-11/h10-11H,3-9,13H2,1-2H3. The fourth-order valence-corrected chi connectivity index (χ4v) is 2.97. The molecule has 0 heterocycles. The molecule has 1 unspecified atom stereocenters. The van der Waals surface area contributed by atoms with E-state index in [4.69, 9.17) is 5.73 Å². The van der Waals surface area contributed by atoms with E-state index in [2.05, 4.69) is 0 Å². The van der Waals surface area contributed by atoms with Crippen molar-refractivity contribution in [3.05, 3.63) is 0 Å². The van der Waals surface area contributed by atoms with Gasteiger partial charge < -0.3 is 10.6 Å². The quantitative estimate of drug-likeness (QED) is 0.803. The summed E-state index contributed by atoms with van der Waals surface area (Å²) < 4.78 is 0. The maximum Gasteiger partial charge on any atom is 0.232 e. The van der Waals surface area contributed by atoms with Gasteiger partial charge in [0.05, 0.1) is 5.75 Å². The van der Waals surface area contributed by atoms with E-state index in [9.17, 15) is 4.79 Å². The Morgan fingerprint density at radius 3 is 2.62 bits per heavy atom. The molecule has 0 bridgehead atoms. The number of hydrogen-bond acceptors (Lipinski definition) is 3. The molecular weight excluding hydrogens is 220 g/mol. The van der Waals surface area contributed by atoms with Gasteiger partial charge in [-0.15, -0.1) is 0 Å². The molecule has 2 N–H and O–H groups in total. The third-order valence-electron chi connectivity index (χ3n) is 3.12. The second-order valence-corrected chi connectivity index (χ2v) is 5.82. The number of nitrogens with two attached hydrogens (primary N) is 1. The van der Waals surface area contributed by atoms with Gasteiger partial charge in [-0.1, -0.05) is 19.3 Å². The van der Waals surface area contributed by atoms with Crippen molar-refractivity contribution in [1.82, 2.24) is 4.90 Å². The predicted octanol–water partition coefficient (Wildman–Crippen LogP) is 1.86. The third kappa shape index (κ3) is 4.74. The molecule has 0 saturated heterocycles. The minimum Gasteiger partial charge on any atom is -0.342 e. The summed E-state index contributed by atoms with van der Waals surface area (Å²) in [7, 11) is 1.95. The molecule has 1 saturated carbocycles. The minimum atomic E-state index is 0.179. The fourth-order valence-electron chi connectivity index (χ4n) is 2.11. The topological polar surface area (TPSA) is 46.3 Å². The SMILES string of the molecule is CC(N)CSCC(=O)N(C)C1CCCCC1. The van der Waals surface area contributed by atoms with Crippen LogP contribution in [-0.2, 0) is 4.79 Å². The van der Waals surface area contributed by atoms with Crippen molar-refractivity contribution in [2.45, 2.75) is 51.1 Å². The van der Waals surface area contributed by atoms with Gasteiger partial charge in [-0.2, -0.15) is 11.8 Å².